The minimum atomic E-state index is -3.94. The molecule has 8 nitrogen and oxygen atoms in total. The van der Waals surface area contributed by atoms with Gasteiger partial charge in [0.1, 0.15) is 5.75 Å². The Morgan fingerprint density at radius 2 is 1.93 bits per heavy atom. The first kappa shape index (κ1) is 19.3. The van der Waals surface area contributed by atoms with Crippen LogP contribution in [-0.2, 0) is 14.8 Å². The van der Waals surface area contributed by atoms with Crippen LogP contribution >= 0.6 is 0 Å². The second-order valence-corrected chi connectivity index (χ2v) is 7.40. The second-order valence-electron chi connectivity index (χ2n) is 5.75. The molecule has 1 heterocycles. The lowest BCUT2D eigenvalue weighted by atomic mass is 10.1. The number of esters is 1. The van der Waals surface area contributed by atoms with E-state index in [9.17, 15) is 13.2 Å². The smallest absolute Gasteiger partial charge is 0.337 e. The van der Waals surface area contributed by atoms with E-state index in [-0.39, 0.29) is 16.3 Å². The Bertz CT molecular complexity index is 1100. The lowest BCUT2D eigenvalue weighted by Crippen LogP contribution is -2.15. The predicted molar refractivity (Wildman–Crippen MR) is 102 cm³/mol. The number of nitrogens with one attached hydrogen (secondary N) is 1. The number of anilines is 1. The van der Waals surface area contributed by atoms with Crippen molar-refractivity contribution in [2.24, 2.45) is 0 Å². The topological polar surface area (TPSA) is 107 Å². The third-order valence-electron chi connectivity index (χ3n) is 3.75. The summed E-state index contributed by atoms with van der Waals surface area (Å²) in [7, 11) is -2.71. The van der Waals surface area contributed by atoms with Crippen LogP contribution in [0.4, 0.5) is 5.69 Å². The van der Waals surface area contributed by atoms with Crippen molar-refractivity contribution in [3.8, 4) is 11.6 Å². The van der Waals surface area contributed by atoms with E-state index < -0.39 is 16.0 Å². The number of hydrogen-bond acceptors (Lipinski definition) is 7. The van der Waals surface area contributed by atoms with Gasteiger partial charge < -0.3 is 9.47 Å². The number of aryl methyl sites for hydroxylation is 1. The quantitative estimate of drug-likeness (QED) is 0.634. The molecule has 0 unspecified atom stereocenters. The Balaban J connectivity index is 1.87. The average Bonchev–Trinajstić information content (AvgIpc) is 2.68. The Kier molecular flexibility index (Phi) is 5.55. The van der Waals surface area contributed by atoms with Gasteiger partial charge in [0.05, 0.1) is 29.5 Å². The summed E-state index contributed by atoms with van der Waals surface area (Å²) in [4.78, 5) is 19.6. The van der Waals surface area contributed by atoms with E-state index in [1.807, 2.05) is 0 Å². The highest BCUT2D eigenvalue weighted by molar-refractivity contribution is 7.92. The van der Waals surface area contributed by atoms with Crippen molar-refractivity contribution in [1.82, 2.24) is 9.97 Å². The summed E-state index contributed by atoms with van der Waals surface area (Å²) in [5.41, 5.74) is 0.935. The van der Waals surface area contributed by atoms with Gasteiger partial charge in [-0.2, -0.15) is 0 Å². The van der Waals surface area contributed by atoms with E-state index in [0.717, 1.165) is 0 Å². The molecule has 0 bridgehead atoms. The van der Waals surface area contributed by atoms with Crippen molar-refractivity contribution in [2.75, 3.05) is 11.8 Å². The summed E-state index contributed by atoms with van der Waals surface area (Å²) in [5, 5.41) is 0. The molecule has 144 valence electrons. The maximum Gasteiger partial charge on any atom is 0.337 e. The number of rotatable bonds is 6. The number of benzene rings is 2. The molecule has 0 saturated carbocycles. The summed E-state index contributed by atoms with van der Waals surface area (Å²) in [6.07, 6.45) is 4.44. The molecule has 0 saturated heterocycles. The highest BCUT2D eigenvalue weighted by atomic mass is 32.2. The number of carbonyl (C=O) groups is 1. The fourth-order valence-electron chi connectivity index (χ4n) is 2.43. The number of ether oxygens (including phenoxy) is 2. The molecule has 3 rings (SSSR count). The van der Waals surface area contributed by atoms with Crippen molar-refractivity contribution in [1.29, 1.82) is 0 Å². The van der Waals surface area contributed by atoms with E-state index >= 15 is 0 Å². The minimum absolute atomic E-state index is 0.0179. The molecule has 0 atom stereocenters. The number of hydrogen-bond donors (Lipinski definition) is 1. The molecule has 0 aliphatic carbocycles. The fraction of sp³-hybridized carbons (Fsp3) is 0.105. The standard InChI is InChI=1S/C19H17N3O5S/c1-13-6-7-14(19(23)26-2)10-17(13)28(24,25)22-15-4-3-5-16(11-15)27-18-12-20-8-9-21-18/h3-12,22H,1-2H3. The molecule has 0 aliphatic heterocycles. The summed E-state index contributed by atoms with van der Waals surface area (Å²) < 4.78 is 38.4. The summed E-state index contributed by atoms with van der Waals surface area (Å²) in [5.74, 6) is 0.0562. The van der Waals surface area contributed by atoms with Gasteiger partial charge in [0, 0.05) is 18.5 Å². The lowest BCUT2D eigenvalue weighted by Gasteiger charge is -2.12. The minimum Gasteiger partial charge on any atom is -0.465 e. The summed E-state index contributed by atoms with van der Waals surface area (Å²) in [6.45, 7) is 1.64. The van der Waals surface area contributed by atoms with Gasteiger partial charge in [0.15, 0.2) is 0 Å². The Morgan fingerprint density at radius 3 is 2.64 bits per heavy atom. The van der Waals surface area contributed by atoms with E-state index in [2.05, 4.69) is 19.4 Å². The zero-order valence-electron chi connectivity index (χ0n) is 15.1. The average molecular weight is 399 g/mol. The van der Waals surface area contributed by atoms with Crippen LogP contribution in [0, 0.1) is 6.92 Å². The van der Waals surface area contributed by atoms with Crippen molar-refractivity contribution in [3.63, 3.8) is 0 Å². The fourth-order valence-corrected chi connectivity index (χ4v) is 3.75. The molecule has 9 heteroatoms. The molecule has 3 aromatic rings. The van der Waals surface area contributed by atoms with E-state index in [4.69, 9.17) is 4.74 Å². The third kappa shape index (κ3) is 4.44. The highest BCUT2D eigenvalue weighted by Gasteiger charge is 2.20. The first-order valence-corrected chi connectivity index (χ1v) is 9.63. The molecular formula is C19H17N3O5S. The molecule has 1 aromatic heterocycles. The van der Waals surface area contributed by atoms with Crippen LogP contribution in [0.5, 0.6) is 11.6 Å². The SMILES string of the molecule is COC(=O)c1ccc(C)c(S(=O)(=O)Nc2cccc(Oc3cnccn3)c2)c1. The monoisotopic (exact) mass is 399 g/mol. The predicted octanol–water partition coefficient (Wildman–Crippen LogP) is 3.16. The molecule has 0 amide bonds. The summed E-state index contributed by atoms with van der Waals surface area (Å²) in [6, 6.07) is 10.7. The number of aromatic nitrogens is 2. The Hall–Kier alpha value is -3.46. The van der Waals surface area contributed by atoms with Gasteiger partial charge in [-0.1, -0.05) is 12.1 Å². The van der Waals surface area contributed by atoms with E-state index in [1.165, 1.54) is 43.9 Å². The van der Waals surface area contributed by atoms with Crippen LogP contribution in [0.2, 0.25) is 0 Å². The molecule has 0 fully saturated rings. The molecule has 2 aromatic carbocycles. The summed E-state index contributed by atoms with van der Waals surface area (Å²) >= 11 is 0. The van der Waals surface area contributed by atoms with E-state index in [1.54, 1.807) is 31.2 Å². The van der Waals surface area contributed by atoms with Gasteiger partial charge in [-0.05, 0) is 36.8 Å². The van der Waals surface area contributed by atoms with Crippen LogP contribution in [0.25, 0.3) is 0 Å². The normalized spacial score (nSPS) is 10.9. The zero-order valence-corrected chi connectivity index (χ0v) is 15.9. The van der Waals surface area contributed by atoms with Gasteiger partial charge in [-0.15, -0.1) is 0 Å². The van der Waals surface area contributed by atoms with Crippen molar-refractivity contribution in [2.45, 2.75) is 11.8 Å². The van der Waals surface area contributed by atoms with Crippen LogP contribution in [0.1, 0.15) is 15.9 Å². The Morgan fingerprint density at radius 1 is 1.11 bits per heavy atom. The maximum atomic E-state index is 12.8. The third-order valence-corrected chi connectivity index (χ3v) is 5.27. The highest BCUT2D eigenvalue weighted by Crippen LogP contribution is 2.25. The van der Waals surface area contributed by atoms with Gasteiger partial charge in [0.25, 0.3) is 10.0 Å². The second kappa shape index (κ2) is 8.05. The molecule has 28 heavy (non-hydrogen) atoms. The van der Waals surface area contributed by atoms with Crippen LogP contribution in [0.15, 0.2) is 66.0 Å². The van der Waals surface area contributed by atoms with Crippen LogP contribution in [0.3, 0.4) is 0 Å². The van der Waals surface area contributed by atoms with E-state index in [0.29, 0.717) is 17.0 Å². The molecule has 0 spiro atoms. The van der Waals surface area contributed by atoms with Crippen molar-refractivity contribution >= 4 is 21.7 Å². The first-order chi connectivity index (χ1) is 13.4. The van der Waals surface area contributed by atoms with Gasteiger partial charge >= 0.3 is 5.97 Å². The molecule has 0 aliphatic rings. The lowest BCUT2D eigenvalue weighted by molar-refractivity contribution is 0.0600. The number of methoxy groups -OCH3 is 1. The number of sulfonamides is 1. The Labute approximate surface area is 162 Å². The van der Waals surface area contributed by atoms with Gasteiger partial charge in [-0.3, -0.25) is 9.71 Å². The maximum absolute atomic E-state index is 12.8. The molecule has 1 N–H and O–H groups in total. The van der Waals surface area contributed by atoms with Gasteiger partial charge in [0.2, 0.25) is 5.88 Å². The zero-order chi connectivity index (χ0) is 20.1. The number of nitrogens with zero attached hydrogens (tertiary/aromatic N) is 2. The largest absolute Gasteiger partial charge is 0.465 e. The van der Waals surface area contributed by atoms with Gasteiger partial charge in [-0.25, -0.2) is 18.2 Å². The first-order valence-electron chi connectivity index (χ1n) is 8.15. The van der Waals surface area contributed by atoms with Crippen molar-refractivity contribution < 1.29 is 22.7 Å². The van der Waals surface area contributed by atoms with Crippen LogP contribution in [-0.4, -0.2) is 31.5 Å². The molecular weight excluding hydrogens is 382 g/mol. The van der Waals surface area contributed by atoms with Crippen molar-refractivity contribution in [3.05, 3.63) is 72.2 Å². The molecule has 0 radical (unpaired) electrons. The van der Waals surface area contributed by atoms with Crippen LogP contribution < -0.4 is 9.46 Å². The number of carbonyl (C=O) groups excluding carboxylic acids is 1.